The van der Waals surface area contributed by atoms with Crippen LogP contribution in [0.5, 0.6) is 0 Å². The summed E-state index contributed by atoms with van der Waals surface area (Å²) in [5.74, 6) is 0.903. The van der Waals surface area contributed by atoms with Gasteiger partial charge in [0.15, 0.2) is 0 Å². The Bertz CT molecular complexity index is 468. The zero-order chi connectivity index (χ0) is 14.5. The van der Waals surface area contributed by atoms with Gasteiger partial charge in [0.2, 0.25) is 0 Å². The van der Waals surface area contributed by atoms with Gasteiger partial charge in [-0.3, -0.25) is 0 Å². The highest BCUT2D eigenvalue weighted by molar-refractivity contribution is 5.94. The van der Waals surface area contributed by atoms with Gasteiger partial charge in [0.05, 0.1) is 11.9 Å². The van der Waals surface area contributed by atoms with Gasteiger partial charge in [-0.2, -0.15) is 0 Å². The normalized spacial score (nSPS) is 22.4. The Morgan fingerprint density at radius 1 is 1.40 bits per heavy atom. The van der Waals surface area contributed by atoms with E-state index in [0.29, 0.717) is 17.4 Å². The minimum atomic E-state index is -0.998. The number of aromatic carboxylic acids is 1. The van der Waals surface area contributed by atoms with Crippen molar-refractivity contribution in [1.82, 2.24) is 4.98 Å². The van der Waals surface area contributed by atoms with E-state index >= 15 is 0 Å². The van der Waals surface area contributed by atoms with Crippen molar-refractivity contribution >= 4 is 17.5 Å². The van der Waals surface area contributed by atoms with Crippen molar-refractivity contribution in [1.29, 1.82) is 0 Å². The first kappa shape index (κ1) is 14.6. The fourth-order valence-corrected chi connectivity index (χ4v) is 2.87. The van der Waals surface area contributed by atoms with Crippen molar-refractivity contribution in [2.75, 3.05) is 17.6 Å². The van der Waals surface area contributed by atoms with Gasteiger partial charge < -0.3 is 16.2 Å². The summed E-state index contributed by atoms with van der Waals surface area (Å²) >= 11 is 0. The van der Waals surface area contributed by atoms with Gasteiger partial charge in [0.1, 0.15) is 11.4 Å². The van der Waals surface area contributed by atoms with Gasteiger partial charge in [0, 0.05) is 6.54 Å². The molecule has 5 nitrogen and oxygen atoms in total. The summed E-state index contributed by atoms with van der Waals surface area (Å²) in [6.07, 6.45) is 7.74. The lowest BCUT2D eigenvalue weighted by Gasteiger charge is -2.28. The SMILES string of the molecule is CCC1CCC(CNc2ncc(N)cc2C(=O)O)CC1. The third-order valence-corrected chi connectivity index (χ3v) is 4.24. The maximum atomic E-state index is 11.2. The molecule has 1 fully saturated rings. The largest absolute Gasteiger partial charge is 0.478 e. The molecule has 1 saturated carbocycles. The number of rotatable bonds is 5. The van der Waals surface area contributed by atoms with E-state index in [2.05, 4.69) is 17.2 Å². The van der Waals surface area contributed by atoms with Crippen LogP contribution in [0.25, 0.3) is 0 Å². The molecule has 1 aliphatic rings. The molecule has 0 aromatic carbocycles. The number of carboxylic acids is 1. The Kier molecular flexibility index (Phi) is 4.82. The molecule has 1 heterocycles. The van der Waals surface area contributed by atoms with Crippen LogP contribution in [0.3, 0.4) is 0 Å². The second-order valence-electron chi connectivity index (χ2n) is 5.65. The number of nitrogens with one attached hydrogen (secondary N) is 1. The molecule has 0 amide bonds. The third-order valence-electron chi connectivity index (χ3n) is 4.24. The van der Waals surface area contributed by atoms with E-state index in [0.717, 1.165) is 12.5 Å². The Balaban J connectivity index is 1.93. The molecule has 1 aliphatic carbocycles. The van der Waals surface area contributed by atoms with Crippen molar-refractivity contribution < 1.29 is 9.90 Å². The Hall–Kier alpha value is -1.78. The topological polar surface area (TPSA) is 88.2 Å². The van der Waals surface area contributed by atoms with Crippen LogP contribution in [-0.4, -0.2) is 22.6 Å². The van der Waals surface area contributed by atoms with Crippen molar-refractivity contribution in [3.63, 3.8) is 0 Å². The quantitative estimate of drug-likeness (QED) is 0.770. The smallest absolute Gasteiger partial charge is 0.339 e. The van der Waals surface area contributed by atoms with E-state index in [1.165, 1.54) is 44.4 Å². The molecule has 0 aliphatic heterocycles. The number of hydrogen-bond donors (Lipinski definition) is 3. The van der Waals surface area contributed by atoms with E-state index in [9.17, 15) is 4.79 Å². The van der Waals surface area contributed by atoms with Crippen LogP contribution in [0.1, 0.15) is 49.4 Å². The van der Waals surface area contributed by atoms with E-state index in [-0.39, 0.29) is 5.56 Å². The number of anilines is 2. The number of aromatic nitrogens is 1. The monoisotopic (exact) mass is 277 g/mol. The van der Waals surface area contributed by atoms with Gasteiger partial charge in [-0.1, -0.05) is 26.2 Å². The van der Waals surface area contributed by atoms with E-state index < -0.39 is 5.97 Å². The van der Waals surface area contributed by atoms with E-state index in [1.807, 2.05) is 0 Å². The highest BCUT2D eigenvalue weighted by Gasteiger charge is 2.20. The Morgan fingerprint density at radius 2 is 2.05 bits per heavy atom. The molecule has 0 bridgehead atoms. The van der Waals surface area contributed by atoms with Crippen molar-refractivity contribution in [3.8, 4) is 0 Å². The summed E-state index contributed by atoms with van der Waals surface area (Å²) < 4.78 is 0. The fraction of sp³-hybridized carbons (Fsp3) is 0.600. The predicted molar refractivity (Wildman–Crippen MR) is 79.8 cm³/mol. The highest BCUT2D eigenvalue weighted by atomic mass is 16.4. The lowest BCUT2D eigenvalue weighted by atomic mass is 9.81. The molecule has 4 N–H and O–H groups in total. The van der Waals surface area contributed by atoms with Crippen LogP contribution in [-0.2, 0) is 0 Å². The number of nitrogens with two attached hydrogens (primary N) is 1. The molecule has 1 aromatic rings. The Morgan fingerprint density at radius 3 is 2.65 bits per heavy atom. The lowest BCUT2D eigenvalue weighted by molar-refractivity contribution is 0.0697. The molecule has 110 valence electrons. The van der Waals surface area contributed by atoms with Crippen LogP contribution >= 0.6 is 0 Å². The van der Waals surface area contributed by atoms with Crippen LogP contribution in [0.15, 0.2) is 12.3 Å². The minimum absolute atomic E-state index is 0.146. The van der Waals surface area contributed by atoms with E-state index in [4.69, 9.17) is 10.8 Å². The minimum Gasteiger partial charge on any atom is -0.478 e. The molecule has 2 rings (SSSR count). The fourth-order valence-electron chi connectivity index (χ4n) is 2.87. The maximum absolute atomic E-state index is 11.2. The molecule has 0 radical (unpaired) electrons. The first-order valence-corrected chi connectivity index (χ1v) is 7.32. The summed E-state index contributed by atoms with van der Waals surface area (Å²) in [4.78, 5) is 15.3. The van der Waals surface area contributed by atoms with Crippen molar-refractivity contribution in [3.05, 3.63) is 17.8 Å². The molecular weight excluding hydrogens is 254 g/mol. The Labute approximate surface area is 119 Å². The number of carboxylic acid groups (broad SMARTS) is 1. The molecule has 0 spiro atoms. The number of nitrogen functional groups attached to an aromatic ring is 1. The second-order valence-corrected chi connectivity index (χ2v) is 5.65. The summed E-state index contributed by atoms with van der Waals surface area (Å²) in [6.45, 7) is 3.04. The van der Waals surface area contributed by atoms with Crippen LogP contribution in [0, 0.1) is 11.8 Å². The van der Waals surface area contributed by atoms with Gasteiger partial charge in [0.25, 0.3) is 0 Å². The number of carbonyl (C=O) groups is 1. The average Bonchev–Trinajstić information content (AvgIpc) is 2.46. The molecule has 0 atom stereocenters. The zero-order valence-corrected chi connectivity index (χ0v) is 11.9. The van der Waals surface area contributed by atoms with Gasteiger partial charge >= 0.3 is 5.97 Å². The maximum Gasteiger partial charge on any atom is 0.339 e. The molecule has 0 unspecified atom stereocenters. The van der Waals surface area contributed by atoms with Gasteiger partial charge in [-0.15, -0.1) is 0 Å². The molecular formula is C15H23N3O2. The summed E-state index contributed by atoms with van der Waals surface area (Å²) in [5, 5.41) is 12.3. The standard InChI is InChI=1S/C15H23N3O2/c1-2-10-3-5-11(6-4-10)8-17-14-13(15(19)20)7-12(16)9-18-14/h7,9-11H,2-6,8,16H2,1H3,(H,17,18)(H,19,20). The van der Waals surface area contributed by atoms with Gasteiger partial charge in [-0.05, 0) is 30.7 Å². The van der Waals surface area contributed by atoms with Crippen molar-refractivity contribution in [2.45, 2.75) is 39.0 Å². The summed E-state index contributed by atoms with van der Waals surface area (Å²) in [5.41, 5.74) is 6.10. The molecule has 0 saturated heterocycles. The number of hydrogen-bond acceptors (Lipinski definition) is 4. The zero-order valence-electron chi connectivity index (χ0n) is 11.9. The number of nitrogens with zero attached hydrogens (tertiary/aromatic N) is 1. The molecule has 20 heavy (non-hydrogen) atoms. The van der Waals surface area contributed by atoms with Crippen LogP contribution in [0.2, 0.25) is 0 Å². The van der Waals surface area contributed by atoms with Crippen LogP contribution < -0.4 is 11.1 Å². The first-order chi connectivity index (χ1) is 9.60. The van der Waals surface area contributed by atoms with Gasteiger partial charge in [-0.25, -0.2) is 9.78 Å². The van der Waals surface area contributed by atoms with Crippen molar-refractivity contribution in [2.24, 2.45) is 11.8 Å². The molecule has 5 heteroatoms. The lowest BCUT2D eigenvalue weighted by Crippen LogP contribution is -2.22. The van der Waals surface area contributed by atoms with Crippen LogP contribution in [0.4, 0.5) is 11.5 Å². The summed E-state index contributed by atoms with van der Waals surface area (Å²) in [7, 11) is 0. The third kappa shape index (κ3) is 3.62. The van der Waals surface area contributed by atoms with E-state index in [1.54, 1.807) is 0 Å². The molecule has 1 aromatic heterocycles. The average molecular weight is 277 g/mol. The number of pyridine rings is 1. The second kappa shape index (κ2) is 6.59. The summed E-state index contributed by atoms with van der Waals surface area (Å²) in [6, 6.07) is 1.45. The predicted octanol–water partition coefficient (Wildman–Crippen LogP) is 2.99. The highest BCUT2D eigenvalue weighted by Crippen LogP contribution is 2.30. The first-order valence-electron chi connectivity index (χ1n) is 7.32.